The van der Waals surface area contributed by atoms with Crippen LogP contribution < -0.4 is 0 Å². The van der Waals surface area contributed by atoms with Crippen molar-refractivity contribution in [3.63, 3.8) is 0 Å². The predicted octanol–water partition coefficient (Wildman–Crippen LogP) is 5.42. The van der Waals surface area contributed by atoms with E-state index in [0.29, 0.717) is 0 Å². The van der Waals surface area contributed by atoms with Crippen LogP contribution in [0.1, 0.15) is 64.7 Å². The van der Waals surface area contributed by atoms with E-state index >= 15 is 0 Å². The Bertz CT molecular complexity index is 217. The average molecular weight is 274 g/mol. The lowest BCUT2D eigenvalue weighted by atomic mass is 10.1. The molecule has 0 heterocycles. The lowest BCUT2D eigenvalue weighted by Gasteiger charge is -2.20. The quantitative estimate of drug-likeness (QED) is 0.404. The van der Waals surface area contributed by atoms with Crippen LogP contribution in [0.2, 0.25) is 19.1 Å². The summed E-state index contributed by atoms with van der Waals surface area (Å²) in [6.07, 6.45) is 10.6. The van der Waals surface area contributed by atoms with Crippen molar-refractivity contribution in [2.45, 2.75) is 83.8 Å². The van der Waals surface area contributed by atoms with Gasteiger partial charge < -0.3 is 9.53 Å². The van der Waals surface area contributed by atoms with Gasteiger partial charge in [0.05, 0.1) is 0 Å². The second-order valence-electron chi connectivity index (χ2n) is 5.71. The Morgan fingerprint density at radius 1 is 0.944 bits per heavy atom. The van der Waals surface area contributed by atoms with E-state index in [9.17, 15) is 4.79 Å². The topological polar surface area (TPSA) is 46.5 Å². The van der Waals surface area contributed by atoms with Crippen LogP contribution in [0.3, 0.4) is 0 Å². The molecule has 0 radical (unpaired) electrons. The first-order chi connectivity index (χ1) is 8.48. The highest BCUT2D eigenvalue weighted by Crippen LogP contribution is 2.17. The SMILES string of the molecule is CCCCCCCCCCC[Si](C)(C)OC(=O)O. The van der Waals surface area contributed by atoms with E-state index < -0.39 is 14.5 Å². The van der Waals surface area contributed by atoms with E-state index in [4.69, 9.17) is 9.53 Å². The molecule has 0 saturated heterocycles. The Morgan fingerprint density at radius 3 is 1.83 bits per heavy atom. The predicted molar refractivity (Wildman–Crippen MR) is 78.6 cm³/mol. The van der Waals surface area contributed by atoms with Crippen LogP contribution in [0.25, 0.3) is 0 Å². The van der Waals surface area contributed by atoms with Gasteiger partial charge in [-0.3, -0.25) is 0 Å². The Morgan fingerprint density at radius 2 is 1.39 bits per heavy atom. The van der Waals surface area contributed by atoms with E-state index in [1.54, 1.807) is 0 Å². The molecule has 108 valence electrons. The van der Waals surface area contributed by atoms with Crippen molar-refractivity contribution in [3.05, 3.63) is 0 Å². The Kier molecular flexibility index (Phi) is 10.1. The molecule has 0 aromatic rings. The molecule has 0 atom stereocenters. The molecular formula is C14H30O3Si. The summed E-state index contributed by atoms with van der Waals surface area (Å²) in [5.41, 5.74) is 0. The lowest BCUT2D eigenvalue weighted by Crippen LogP contribution is -2.32. The van der Waals surface area contributed by atoms with E-state index in [2.05, 4.69) is 6.92 Å². The summed E-state index contributed by atoms with van der Waals surface area (Å²) in [4.78, 5) is 10.5. The van der Waals surface area contributed by atoms with Crippen LogP contribution in [0, 0.1) is 0 Å². The number of carboxylic acid groups (broad SMARTS) is 1. The summed E-state index contributed by atoms with van der Waals surface area (Å²) >= 11 is 0. The van der Waals surface area contributed by atoms with Gasteiger partial charge >= 0.3 is 6.16 Å². The number of unbranched alkanes of at least 4 members (excludes halogenated alkanes) is 8. The molecular weight excluding hydrogens is 244 g/mol. The molecule has 0 aliphatic heterocycles. The first-order valence-corrected chi connectivity index (χ1v) is 10.5. The van der Waals surface area contributed by atoms with E-state index in [1.165, 1.54) is 51.4 Å². The molecule has 1 N–H and O–H groups in total. The van der Waals surface area contributed by atoms with Gasteiger partial charge in [-0.1, -0.05) is 64.7 Å². The maximum atomic E-state index is 10.5. The summed E-state index contributed by atoms with van der Waals surface area (Å²) in [6.45, 7) is 6.20. The third-order valence-corrected chi connectivity index (χ3v) is 5.53. The van der Waals surface area contributed by atoms with Gasteiger partial charge in [-0.05, 0) is 19.1 Å². The second kappa shape index (κ2) is 10.4. The molecule has 0 aliphatic carbocycles. The Hall–Kier alpha value is -0.513. The standard InChI is InChI=1S/C14H30O3Si/c1-4-5-6-7-8-9-10-11-12-13-18(2,3)17-14(15)16/h4-13H2,1-3H3,(H,15,16). The minimum atomic E-state index is -1.95. The summed E-state index contributed by atoms with van der Waals surface area (Å²) < 4.78 is 4.97. The molecule has 3 nitrogen and oxygen atoms in total. The van der Waals surface area contributed by atoms with E-state index in [1.807, 2.05) is 13.1 Å². The zero-order chi connectivity index (χ0) is 13.9. The van der Waals surface area contributed by atoms with Crippen molar-refractivity contribution in [2.24, 2.45) is 0 Å². The minimum Gasteiger partial charge on any atom is -0.490 e. The lowest BCUT2D eigenvalue weighted by molar-refractivity contribution is 0.141. The molecule has 0 spiro atoms. The zero-order valence-electron chi connectivity index (χ0n) is 12.3. The monoisotopic (exact) mass is 274 g/mol. The van der Waals surface area contributed by atoms with Crippen molar-refractivity contribution in [1.29, 1.82) is 0 Å². The molecule has 0 fully saturated rings. The highest BCUT2D eigenvalue weighted by atomic mass is 28.4. The second-order valence-corrected chi connectivity index (χ2v) is 9.93. The molecule has 0 rings (SSSR count). The molecule has 0 aromatic carbocycles. The largest absolute Gasteiger partial charge is 0.491 e. The maximum absolute atomic E-state index is 10.5. The smallest absolute Gasteiger partial charge is 0.490 e. The highest BCUT2D eigenvalue weighted by Gasteiger charge is 2.25. The third-order valence-electron chi connectivity index (χ3n) is 3.25. The van der Waals surface area contributed by atoms with Crippen LogP contribution in [0.5, 0.6) is 0 Å². The van der Waals surface area contributed by atoms with Gasteiger partial charge in [-0.2, -0.15) is 0 Å². The number of hydrogen-bond acceptors (Lipinski definition) is 2. The van der Waals surface area contributed by atoms with Crippen LogP contribution >= 0.6 is 0 Å². The fourth-order valence-electron chi connectivity index (χ4n) is 2.15. The van der Waals surface area contributed by atoms with Gasteiger partial charge in [0.2, 0.25) is 0 Å². The Labute approximate surface area is 113 Å². The Balaban J connectivity index is 3.31. The van der Waals surface area contributed by atoms with Crippen molar-refractivity contribution in [2.75, 3.05) is 0 Å². The van der Waals surface area contributed by atoms with Gasteiger partial charge in [-0.25, -0.2) is 4.79 Å². The van der Waals surface area contributed by atoms with Crippen LogP contribution in [-0.4, -0.2) is 19.6 Å². The summed E-state index contributed by atoms with van der Waals surface area (Å²) in [5, 5.41) is 8.61. The molecule has 0 amide bonds. The van der Waals surface area contributed by atoms with Crippen LogP contribution in [0.15, 0.2) is 0 Å². The number of carbonyl (C=O) groups is 1. The van der Waals surface area contributed by atoms with Crippen molar-refractivity contribution in [3.8, 4) is 0 Å². The van der Waals surface area contributed by atoms with Crippen molar-refractivity contribution in [1.82, 2.24) is 0 Å². The van der Waals surface area contributed by atoms with Gasteiger partial charge in [0.1, 0.15) is 0 Å². The van der Waals surface area contributed by atoms with Crippen molar-refractivity contribution >= 4 is 14.5 Å². The summed E-state index contributed by atoms with van der Waals surface area (Å²) in [7, 11) is -1.95. The zero-order valence-corrected chi connectivity index (χ0v) is 13.3. The highest BCUT2D eigenvalue weighted by molar-refractivity contribution is 6.72. The average Bonchev–Trinajstić information content (AvgIpc) is 2.25. The van der Waals surface area contributed by atoms with Crippen LogP contribution in [-0.2, 0) is 4.43 Å². The molecule has 0 saturated carbocycles. The maximum Gasteiger partial charge on any atom is 0.491 e. The molecule has 0 bridgehead atoms. The molecule has 0 aliphatic rings. The number of hydrogen-bond donors (Lipinski definition) is 1. The van der Waals surface area contributed by atoms with E-state index in [0.717, 1.165) is 12.5 Å². The van der Waals surface area contributed by atoms with Crippen LogP contribution in [0.4, 0.5) is 4.79 Å². The first kappa shape index (κ1) is 17.5. The summed E-state index contributed by atoms with van der Waals surface area (Å²) in [5.74, 6) is 0. The minimum absolute atomic E-state index is 0.954. The fraction of sp³-hybridized carbons (Fsp3) is 0.929. The van der Waals surface area contributed by atoms with Gasteiger partial charge in [0.25, 0.3) is 8.32 Å². The normalized spacial score (nSPS) is 11.5. The van der Waals surface area contributed by atoms with Crippen molar-refractivity contribution < 1.29 is 14.3 Å². The van der Waals surface area contributed by atoms with Gasteiger partial charge in [0, 0.05) is 0 Å². The van der Waals surface area contributed by atoms with Gasteiger partial charge in [0.15, 0.2) is 0 Å². The molecule has 0 unspecified atom stereocenters. The third kappa shape index (κ3) is 12.0. The summed E-state index contributed by atoms with van der Waals surface area (Å²) in [6, 6.07) is 0.954. The first-order valence-electron chi connectivity index (χ1n) is 7.40. The molecule has 0 aromatic heterocycles. The molecule has 4 heteroatoms. The number of rotatable bonds is 11. The van der Waals surface area contributed by atoms with E-state index in [-0.39, 0.29) is 0 Å². The van der Waals surface area contributed by atoms with Gasteiger partial charge in [-0.15, -0.1) is 0 Å². The fourth-order valence-corrected chi connectivity index (χ4v) is 3.82. The molecule has 18 heavy (non-hydrogen) atoms.